The maximum Gasteiger partial charge on any atom is 0.243 e. The Bertz CT molecular complexity index is 483. The van der Waals surface area contributed by atoms with E-state index in [1.165, 1.54) is 25.2 Å². The molecule has 1 unspecified atom stereocenters. The summed E-state index contributed by atoms with van der Waals surface area (Å²) in [6.07, 6.45) is 5.90. The standard InChI is InChI=1S/C10H16N4O2S2/c11-10-12-6-9(7-13-10)18(15,16)14-5-8-3-1-2-4-17-8/h6-8,14H,1-5H2,(H2,11,12,13). The van der Waals surface area contributed by atoms with Crippen molar-refractivity contribution in [2.75, 3.05) is 18.0 Å². The lowest BCUT2D eigenvalue weighted by Gasteiger charge is -2.21. The van der Waals surface area contributed by atoms with Crippen molar-refractivity contribution in [2.45, 2.75) is 29.4 Å². The van der Waals surface area contributed by atoms with E-state index in [2.05, 4.69) is 14.7 Å². The van der Waals surface area contributed by atoms with E-state index in [0.717, 1.165) is 12.2 Å². The van der Waals surface area contributed by atoms with Gasteiger partial charge in [-0.05, 0) is 18.6 Å². The van der Waals surface area contributed by atoms with Crippen molar-refractivity contribution < 1.29 is 8.42 Å². The number of rotatable bonds is 4. The molecule has 8 heteroatoms. The lowest BCUT2D eigenvalue weighted by molar-refractivity contribution is 0.573. The van der Waals surface area contributed by atoms with Crippen LogP contribution in [0.5, 0.6) is 0 Å². The number of hydrogen-bond acceptors (Lipinski definition) is 6. The van der Waals surface area contributed by atoms with Crippen molar-refractivity contribution in [1.29, 1.82) is 0 Å². The van der Waals surface area contributed by atoms with Gasteiger partial charge in [-0.15, -0.1) is 0 Å². The Labute approximate surface area is 111 Å². The second-order valence-electron chi connectivity index (χ2n) is 4.12. The molecule has 100 valence electrons. The van der Waals surface area contributed by atoms with Gasteiger partial charge in [-0.2, -0.15) is 11.8 Å². The monoisotopic (exact) mass is 288 g/mol. The molecule has 0 aromatic carbocycles. The number of anilines is 1. The summed E-state index contributed by atoms with van der Waals surface area (Å²) in [6.45, 7) is 0.456. The topological polar surface area (TPSA) is 98.0 Å². The van der Waals surface area contributed by atoms with Gasteiger partial charge < -0.3 is 5.73 Å². The van der Waals surface area contributed by atoms with Gasteiger partial charge in [0, 0.05) is 11.8 Å². The largest absolute Gasteiger partial charge is 0.368 e. The maximum atomic E-state index is 11.9. The molecule has 2 rings (SSSR count). The number of nitrogens with zero attached hydrogens (tertiary/aromatic N) is 2. The molecule has 18 heavy (non-hydrogen) atoms. The summed E-state index contributed by atoms with van der Waals surface area (Å²) in [7, 11) is -3.52. The third kappa shape index (κ3) is 3.56. The zero-order chi connectivity index (χ0) is 13.0. The molecular weight excluding hydrogens is 272 g/mol. The zero-order valence-electron chi connectivity index (χ0n) is 9.87. The highest BCUT2D eigenvalue weighted by Crippen LogP contribution is 2.24. The van der Waals surface area contributed by atoms with Gasteiger partial charge in [0.2, 0.25) is 16.0 Å². The lowest BCUT2D eigenvalue weighted by atomic mass is 10.2. The van der Waals surface area contributed by atoms with Crippen LogP contribution in [0, 0.1) is 0 Å². The van der Waals surface area contributed by atoms with Crippen molar-refractivity contribution in [3.8, 4) is 0 Å². The summed E-state index contributed by atoms with van der Waals surface area (Å²) in [5, 5.41) is 0.364. The number of nitrogens with one attached hydrogen (secondary N) is 1. The zero-order valence-corrected chi connectivity index (χ0v) is 11.5. The van der Waals surface area contributed by atoms with Gasteiger partial charge in [0.1, 0.15) is 4.90 Å². The minimum absolute atomic E-state index is 0.0532. The first-order valence-electron chi connectivity index (χ1n) is 5.77. The predicted molar refractivity (Wildman–Crippen MR) is 71.7 cm³/mol. The Morgan fingerprint density at radius 2 is 2.11 bits per heavy atom. The Morgan fingerprint density at radius 1 is 1.39 bits per heavy atom. The van der Waals surface area contributed by atoms with Gasteiger partial charge >= 0.3 is 0 Å². The van der Waals surface area contributed by atoms with Crippen molar-refractivity contribution >= 4 is 27.7 Å². The Kier molecular flexibility index (Phi) is 4.41. The number of hydrogen-bond donors (Lipinski definition) is 2. The van der Waals surface area contributed by atoms with Gasteiger partial charge in [-0.1, -0.05) is 6.42 Å². The Morgan fingerprint density at radius 3 is 2.72 bits per heavy atom. The van der Waals surface area contributed by atoms with Crippen LogP contribution in [-0.2, 0) is 10.0 Å². The molecule has 0 spiro atoms. The van der Waals surface area contributed by atoms with Crippen LogP contribution in [0.3, 0.4) is 0 Å². The van der Waals surface area contributed by atoms with E-state index in [-0.39, 0.29) is 10.8 Å². The average Bonchev–Trinajstić information content (AvgIpc) is 2.38. The lowest BCUT2D eigenvalue weighted by Crippen LogP contribution is -2.32. The first-order chi connectivity index (χ1) is 8.58. The third-order valence-electron chi connectivity index (χ3n) is 2.73. The molecule has 3 N–H and O–H groups in total. The molecule has 0 amide bonds. The second kappa shape index (κ2) is 5.85. The quantitative estimate of drug-likeness (QED) is 0.843. The van der Waals surface area contributed by atoms with E-state index >= 15 is 0 Å². The fraction of sp³-hybridized carbons (Fsp3) is 0.600. The molecule has 0 bridgehead atoms. The molecule has 1 aromatic rings. The molecule has 0 saturated carbocycles. The van der Waals surface area contributed by atoms with Crippen molar-refractivity contribution in [3.05, 3.63) is 12.4 Å². The summed E-state index contributed by atoms with van der Waals surface area (Å²) in [6, 6.07) is 0. The van der Waals surface area contributed by atoms with E-state index < -0.39 is 10.0 Å². The summed E-state index contributed by atoms with van der Waals surface area (Å²) in [5.41, 5.74) is 5.32. The fourth-order valence-electron chi connectivity index (χ4n) is 1.72. The number of nitrogen functional groups attached to an aromatic ring is 1. The highest BCUT2D eigenvalue weighted by atomic mass is 32.2. The van der Waals surface area contributed by atoms with Crippen LogP contribution >= 0.6 is 11.8 Å². The number of aromatic nitrogens is 2. The molecular formula is C10H16N4O2S2. The predicted octanol–water partition coefficient (Wildman–Crippen LogP) is 0.623. The molecule has 1 aliphatic rings. The van der Waals surface area contributed by atoms with Gasteiger partial charge in [0.15, 0.2) is 0 Å². The van der Waals surface area contributed by atoms with Gasteiger partial charge in [0.05, 0.1) is 12.4 Å². The van der Waals surface area contributed by atoms with E-state index in [0.29, 0.717) is 11.8 Å². The molecule has 1 fully saturated rings. The molecule has 1 aliphatic heterocycles. The Balaban J connectivity index is 1.96. The van der Waals surface area contributed by atoms with Gasteiger partial charge in [-0.25, -0.2) is 23.1 Å². The normalized spacial score (nSPS) is 20.8. The molecule has 2 heterocycles. The fourth-order valence-corrected chi connectivity index (χ4v) is 4.03. The number of thioether (sulfide) groups is 1. The highest BCUT2D eigenvalue weighted by molar-refractivity contribution is 8.00. The summed E-state index contributed by atoms with van der Waals surface area (Å²) in [5.74, 6) is 1.17. The molecule has 0 radical (unpaired) electrons. The first-order valence-corrected chi connectivity index (χ1v) is 8.30. The Hall–Kier alpha value is -0.860. The summed E-state index contributed by atoms with van der Waals surface area (Å²) >= 11 is 1.82. The third-order valence-corrected chi connectivity index (χ3v) is 5.51. The maximum absolute atomic E-state index is 11.9. The van der Waals surface area contributed by atoms with E-state index in [9.17, 15) is 8.42 Å². The first kappa shape index (κ1) is 13.6. The van der Waals surface area contributed by atoms with Crippen molar-refractivity contribution in [3.63, 3.8) is 0 Å². The molecule has 6 nitrogen and oxygen atoms in total. The van der Waals surface area contributed by atoms with E-state index in [1.54, 1.807) is 0 Å². The second-order valence-corrected chi connectivity index (χ2v) is 7.29. The van der Waals surface area contributed by atoms with Crippen LogP contribution in [0.1, 0.15) is 19.3 Å². The van der Waals surface area contributed by atoms with Crippen molar-refractivity contribution in [1.82, 2.24) is 14.7 Å². The molecule has 1 saturated heterocycles. The van der Waals surface area contributed by atoms with Crippen LogP contribution < -0.4 is 10.5 Å². The SMILES string of the molecule is Nc1ncc(S(=O)(=O)NCC2CCCCS2)cn1. The van der Waals surface area contributed by atoms with E-state index in [4.69, 9.17) is 5.73 Å². The van der Waals surface area contributed by atoms with Crippen LogP contribution in [0.4, 0.5) is 5.95 Å². The van der Waals surface area contributed by atoms with Gasteiger partial charge in [-0.3, -0.25) is 0 Å². The van der Waals surface area contributed by atoms with Crippen LogP contribution in [0.2, 0.25) is 0 Å². The summed E-state index contributed by atoms with van der Waals surface area (Å²) < 4.78 is 26.5. The average molecular weight is 288 g/mol. The van der Waals surface area contributed by atoms with Crippen LogP contribution in [0.15, 0.2) is 17.3 Å². The minimum Gasteiger partial charge on any atom is -0.368 e. The van der Waals surface area contributed by atoms with E-state index in [1.807, 2.05) is 11.8 Å². The minimum atomic E-state index is -3.52. The molecule has 1 aromatic heterocycles. The van der Waals surface area contributed by atoms with Crippen LogP contribution in [0.25, 0.3) is 0 Å². The highest BCUT2D eigenvalue weighted by Gasteiger charge is 2.19. The molecule has 0 aliphatic carbocycles. The number of nitrogens with two attached hydrogens (primary N) is 1. The summed E-state index contributed by atoms with van der Waals surface area (Å²) in [4.78, 5) is 7.42. The molecule has 1 atom stereocenters. The smallest absolute Gasteiger partial charge is 0.243 e. The van der Waals surface area contributed by atoms with Crippen LogP contribution in [-0.4, -0.2) is 35.9 Å². The number of sulfonamides is 1. The van der Waals surface area contributed by atoms with Gasteiger partial charge in [0.25, 0.3) is 0 Å². The van der Waals surface area contributed by atoms with Crippen molar-refractivity contribution in [2.24, 2.45) is 0 Å².